The SMILES string of the molecule is CCn1c(CN2CCC[C@@H](C(=O)N3CCN(CCO)CC3)C2)nc2ccccc21. The van der Waals surface area contributed by atoms with E-state index in [4.69, 9.17) is 10.1 Å². The molecule has 3 heterocycles. The quantitative estimate of drug-likeness (QED) is 0.796. The summed E-state index contributed by atoms with van der Waals surface area (Å²) in [6.45, 7) is 9.90. The molecular formula is C22H33N5O2. The number of piperazine rings is 1. The first kappa shape index (κ1) is 20.3. The first-order valence-corrected chi connectivity index (χ1v) is 11.0. The Balaban J connectivity index is 1.38. The number of aliphatic hydroxyl groups is 1. The van der Waals surface area contributed by atoms with E-state index in [9.17, 15) is 4.79 Å². The van der Waals surface area contributed by atoms with Gasteiger partial charge < -0.3 is 14.6 Å². The zero-order valence-corrected chi connectivity index (χ0v) is 17.5. The van der Waals surface area contributed by atoms with Crippen LogP contribution in [0, 0.1) is 5.92 Å². The third kappa shape index (κ3) is 4.47. The molecule has 1 N–H and O–H groups in total. The highest BCUT2D eigenvalue weighted by Gasteiger charge is 2.31. The number of imidazole rings is 1. The molecule has 0 aliphatic carbocycles. The third-order valence-corrected chi connectivity index (χ3v) is 6.37. The minimum atomic E-state index is 0.0904. The van der Waals surface area contributed by atoms with Gasteiger partial charge in [0, 0.05) is 45.8 Å². The molecule has 158 valence electrons. The Bertz CT molecular complexity index is 828. The second-order valence-electron chi connectivity index (χ2n) is 8.23. The second-order valence-corrected chi connectivity index (χ2v) is 8.23. The van der Waals surface area contributed by atoms with Crippen molar-refractivity contribution in [3.05, 3.63) is 30.1 Å². The lowest BCUT2D eigenvalue weighted by molar-refractivity contribution is -0.139. The van der Waals surface area contributed by atoms with Crippen molar-refractivity contribution in [2.24, 2.45) is 5.92 Å². The minimum Gasteiger partial charge on any atom is -0.395 e. The third-order valence-electron chi connectivity index (χ3n) is 6.37. The van der Waals surface area contributed by atoms with E-state index in [2.05, 4.69) is 39.5 Å². The van der Waals surface area contributed by atoms with E-state index < -0.39 is 0 Å². The van der Waals surface area contributed by atoms with Gasteiger partial charge in [-0.1, -0.05) is 12.1 Å². The second kappa shape index (κ2) is 9.24. The number of benzene rings is 1. The summed E-state index contributed by atoms with van der Waals surface area (Å²) in [6, 6.07) is 8.31. The van der Waals surface area contributed by atoms with E-state index in [-0.39, 0.29) is 12.5 Å². The van der Waals surface area contributed by atoms with Gasteiger partial charge in [0.15, 0.2) is 0 Å². The number of β-amino-alcohol motifs (C(OH)–C–C–N with tert-alkyl or cyclic N) is 1. The number of aryl methyl sites for hydroxylation is 1. The number of amides is 1. The fraction of sp³-hybridized carbons (Fsp3) is 0.636. The van der Waals surface area contributed by atoms with Crippen molar-refractivity contribution < 1.29 is 9.90 Å². The Kier molecular flexibility index (Phi) is 6.47. The molecule has 7 heteroatoms. The van der Waals surface area contributed by atoms with Crippen molar-refractivity contribution in [3.8, 4) is 0 Å². The van der Waals surface area contributed by atoms with Crippen LogP contribution in [-0.2, 0) is 17.9 Å². The van der Waals surface area contributed by atoms with Crippen LogP contribution in [0.4, 0.5) is 0 Å². The lowest BCUT2D eigenvalue weighted by atomic mass is 9.96. The minimum absolute atomic E-state index is 0.0904. The van der Waals surface area contributed by atoms with Crippen molar-refractivity contribution in [3.63, 3.8) is 0 Å². The number of fused-ring (bicyclic) bond motifs is 1. The smallest absolute Gasteiger partial charge is 0.227 e. The molecule has 0 radical (unpaired) electrons. The molecule has 0 saturated carbocycles. The number of carbonyl (C=O) groups excluding carboxylic acids is 1. The molecule has 29 heavy (non-hydrogen) atoms. The number of para-hydroxylation sites is 2. The molecule has 1 aromatic heterocycles. The number of rotatable bonds is 6. The topological polar surface area (TPSA) is 64.8 Å². The molecule has 2 aromatic rings. The van der Waals surface area contributed by atoms with Gasteiger partial charge in [-0.3, -0.25) is 14.6 Å². The Labute approximate surface area is 172 Å². The van der Waals surface area contributed by atoms with Crippen molar-refractivity contribution in [2.45, 2.75) is 32.9 Å². The van der Waals surface area contributed by atoms with E-state index in [0.29, 0.717) is 12.5 Å². The van der Waals surface area contributed by atoms with Gasteiger partial charge in [0.25, 0.3) is 0 Å². The van der Waals surface area contributed by atoms with E-state index in [1.165, 1.54) is 5.52 Å². The van der Waals surface area contributed by atoms with Crippen LogP contribution in [0.25, 0.3) is 11.0 Å². The summed E-state index contributed by atoms with van der Waals surface area (Å²) in [7, 11) is 0. The van der Waals surface area contributed by atoms with Crippen molar-refractivity contribution in [2.75, 3.05) is 52.4 Å². The summed E-state index contributed by atoms with van der Waals surface area (Å²) in [5.74, 6) is 1.49. The molecule has 1 aromatic carbocycles. The van der Waals surface area contributed by atoms with Crippen LogP contribution in [0.1, 0.15) is 25.6 Å². The average molecular weight is 400 g/mol. The number of likely N-dealkylation sites (tertiary alicyclic amines) is 1. The number of piperidine rings is 1. The van der Waals surface area contributed by atoms with Gasteiger partial charge in [-0.2, -0.15) is 0 Å². The largest absolute Gasteiger partial charge is 0.395 e. The maximum atomic E-state index is 13.1. The maximum absolute atomic E-state index is 13.1. The number of hydrogen-bond acceptors (Lipinski definition) is 5. The molecule has 7 nitrogen and oxygen atoms in total. The molecule has 2 saturated heterocycles. The average Bonchev–Trinajstić information content (AvgIpc) is 3.11. The molecule has 1 atom stereocenters. The number of nitrogens with zero attached hydrogens (tertiary/aromatic N) is 5. The predicted octanol–water partition coefficient (Wildman–Crippen LogP) is 1.40. The van der Waals surface area contributed by atoms with Gasteiger partial charge in [-0.15, -0.1) is 0 Å². The van der Waals surface area contributed by atoms with Gasteiger partial charge in [-0.05, 0) is 38.4 Å². The molecule has 4 rings (SSSR count). The Morgan fingerprint density at radius 2 is 1.93 bits per heavy atom. The van der Waals surface area contributed by atoms with E-state index in [1.54, 1.807) is 0 Å². The van der Waals surface area contributed by atoms with Crippen LogP contribution in [0.15, 0.2) is 24.3 Å². The monoisotopic (exact) mass is 399 g/mol. The Morgan fingerprint density at radius 1 is 1.14 bits per heavy atom. The normalized spacial score (nSPS) is 21.7. The molecular weight excluding hydrogens is 366 g/mol. The highest BCUT2D eigenvalue weighted by Crippen LogP contribution is 2.23. The summed E-state index contributed by atoms with van der Waals surface area (Å²) in [5.41, 5.74) is 2.24. The van der Waals surface area contributed by atoms with Crippen LogP contribution in [-0.4, -0.2) is 87.7 Å². The van der Waals surface area contributed by atoms with Gasteiger partial charge in [-0.25, -0.2) is 4.98 Å². The fourth-order valence-electron chi connectivity index (χ4n) is 4.79. The molecule has 2 aliphatic rings. The molecule has 0 unspecified atom stereocenters. The summed E-state index contributed by atoms with van der Waals surface area (Å²) in [4.78, 5) is 24.6. The van der Waals surface area contributed by atoms with E-state index >= 15 is 0 Å². The first-order valence-electron chi connectivity index (χ1n) is 11.0. The van der Waals surface area contributed by atoms with Crippen LogP contribution in [0.3, 0.4) is 0 Å². The Hall–Kier alpha value is -1.96. The summed E-state index contributed by atoms with van der Waals surface area (Å²) in [6.07, 6.45) is 2.05. The van der Waals surface area contributed by atoms with Crippen LogP contribution in [0.2, 0.25) is 0 Å². The van der Waals surface area contributed by atoms with Crippen molar-refractivity contribution in [1.29, 1.82) is 0 Å². The maximum Gasteiger partial charge on any atom is 0.227 e. The van der Waals surface area contributed by atoms with Crippen LogP contribution in [0.5, 0.6) is 0 Å². The number of hydrogen-bond donors (Lipinski definition) is 1. The first-order chi connectivity index (χ1) is 14.2. The zero-order chi connectivity index (χ0) is 20.2. The van der Waals surface area contributed by atoms with Gasteiger partial charge in [0.05, 0.1) is 30.1 Å². The highest BCUT2D eigenvalue weighted by molar-refractivity contribution is 5.79. The standard InChI is InChI=1S/C22H33N5O2/c1-2-27-20-8-4-3-7-19(20)23-21(27)17-25-9-5-6-18(16-25)22(29)26-12-10-24(11-13-26)14-15-28/h3-4,7-8,18,28H,2,5-6,9-17H2,1H3/t18-/m1/s1. The number of aromatic nitrogens is 2. The van der Waals surface area contributed by atoms with Crippen LogP contribution >= 0.6 is 0 Å². The Morgan fingerprint density at radius 3 is 2.69 bits per heavy atom. The molecule has 2 fully saturated rings. The van der Waals surface area contributed by atoms with Crippen molar-refractivity contribution in [1.82, 2.24) is 24.3 Å². The number of aliphatic hydroxyl groups excluding tert-OH is 1. The summed E-state index contributed by atoms with van der Waals surface area (Å²) < 4.78 is 2.29. The lowest BCUT2D eigenvalue weighted by Crippen LogP contribution is -2.52. The summed E-state index contributed by atoms with van der Waals surface area (Å²) in [5, 5.41) is 9.10. The van der Waals surface area contributed by atoms with Crippen molar-refractivity contribution >= 4 is 16.9 Å². The predicted molar refractivity (Wildman–Crippen MR) is 114 cm³/mol. The number of carbonyl (C=O) groups is 1. The van der Waals surface area contributed by atoms with E-state index in [1.807, 2.05) is 11.0 Å². The molecule has 0 spiro atoms. The van der Waals surface area contributed by atoms with Gasteiger partial charge in [0.2, 0.25) is 5.91 Å². The zero-order valence-electron chi connectivity index (χ0n) is 17.5. The van der Waals surface area contributed by atoms with Gasteiger partial charge >= 0.3 is 0 Å². The molecule has 1 amide bonds. The molecule has 0 bridgehead atoms. The lowest BCUT2D eigenvalue weighted by Gasteiger charge is -2.38. The van der Waals surface area contributed by atoms with Gasteiger partial charge in [0.1, 0.15) is 5.82 Å². The molecule has 2 aliphatic heterocycles. The van der Waals surface area contributed by atoms with Crippen LogP contribution < -0.4 is 0 Å². The highest BCUT2D eigenvalue weighted by atomic mass is 16.3. The van der Waals surface area contributed by atoms with E-state index in [0.717, 1.165) is 76.5 Å². The fourth-order valence-corrected chi connectivity index (χ4v) is 4.79. The summed E-state index contributed by atoms with van der Waals surface area (Å²) >= 11 is 0.